The molecular formula is C11H11N. The molecule has 1 nitrogen and oxygen atoms in total. The second-order valence-electron chi connectivity index (χ2n) is 4.50. The fourth-order valence-corrected chi connectivity index (χ4v) is 3.50. The summed E-state index contributed by atoms with van der Waals surface area (Å²) in [6, 6.07) is 6.50. The minimum absolute atomic E-state index is 0.901. The van der Waals surface area contributed by atoms with Gasteiger partial charge in [-0.05, 0) is 53.4 Å². The maximum atomic E-state index is 5.77. The van der Waals surface area contributed by atoms with Crippen LogP contribution in [0.5, 0.6) is 0 Å². The molecule has 1 heteroatoms. The molecule has 2 saturated carbocycles. The monoisotopic (exact) mass is 157 g/mol. The Labute approximate surface area is 71.6 Å². The van der Waals surface area contributed by atoms with E-state index in [2.05, 4.69) is 18.2 Å². The number of rotatable bonds is 0. The quantitative estimate of drug-likeness (QED) is 0.573. The van der Waals surface area contributed by atoms with E-state index in [1.807, 2.05) is 0 Å². The average Bonchev–Trinajstić information content (AvgIpc) is 2.48. The minimum atomic E-state index is 0.901. The summed E-state index contributed by atoms with van der Waals surface area (Å²) < 4.78 is 0. The maximum absolute atomic E-state index is 5.77. The Morgan fingerprint density at radius 2 is 2.17 bits per heavy atom. The number of benzene rings is 1. The van der Waals surface area contributed by atoms with Crippen LogP contribution in [0.4, 0.5) is 5.69 Å². The van der Waals surface area contributed by atoms with Crippen molar-refractivity contribution in [3.05, 3.63) is 29.3 Å². The van der Waals surface area contributed by atoms with Gasteiger partial charge in [0.25, 0.3) is 0 Å². The van der Waals surface area contributed by atoms with Crippen molar-refractivity contribution >= 4 is 5.69 Å². The van der Waals surface area contributed by atoms with Crippen molar-refractivity contribution in [3.8, 4) is 0 Å². The highest BCUT2D eigenvalue weighted by atomic mass is 14.7. The van der Waals surface area contributed by atoms with Crippen molar-refractivity contribution < 1.29 is 0 Å². The first-order valence-corrected chi connectivity index (χ1v) is 4.75. The van der Waals surface area contributed by atoms with Crippen LogP contribution >= 0.6 is 0 Å². The Hall–Kier alpha value is -0.980. The average molecular weight is 157 g/mol. The molecule has 0 unspecified atom stereocenters. The van der Waals surface area contributed by atoms with Gasteiger partial charge in [-0.2, -0.15) is 0 Å². The summed E-state index contributed by atoms with van der Waals surface area (Å²) in [5.74, 6) is 3.97. The number of anilines is 1. The molecule has 1 aromatic rings. The number of hydrogen-bond donors (Lipinski definition) is 1. The van der Waals surface area contributed by atoms with Crippen molar-refractivity contribution in [1.29, 1.82) is 0 Å². The smallest absolute Gasteiger partial charge is 0.0317 e. The van der Waals surface area contributed by atoms with Crippen LogP contribution in [0.2, 0.25) is 0 Å². The van der Waals surface area contributed by atoms with E-state index in [0.29, 0.717) is 0 Å². The lowest BCUT2D eigenvalue weighted by Gasteiger charge is -2.26. The van der Waals surface area contributed by atoms with E-state index in [4.69, 9.17) is 5.73 Å². The molecule has 4 rings (SSSR count). The SMILES string of the molecule is Nc1ccc2c(c1)[C@@H]1C[C@@H]3[C@@H]2[C@H]31. The molecule has 1 aromatic carbocycles. The minimum Gasteiger partial charge on any atom is -0.399 e. The topological polar surface area (TPSA) is 26.0 Å². The van der Waals surface area contributed by atoms with Gasteiger partial charge in [-0.1, -0.05) is 6.07 Å². The largest absolute Gasteiger partial charge is 0.399 e. The fraction of sp³-hybridized carbons (Fsp3) is 0.455. The molecule has 3 aliphatic rings. The zero-order chi connectivity index (χ0) is 7.87. The van der Waals surface area contributed by atoms with E-state index in [9.17, 15) is 0 Å². The highest BCUT2D eigenvalue weighted by Gasteiger charge is 2.68. The fourth-order valence-electron chi connectivity index (χ4n) is 3.50. The predicted octanol–water partition coefficient (Wildman–Crippen LogP) is 2.10. The van der Waals surface area contributed by atoms with E-state index in [1.54, 1.807) is 11.1 Å². The van der Waals surface area contributed by atoms with Crippen LogP contribution in [-0.4, -0.2) is 0 Å². The highest BCUT2D eigenvalue weighted by molar-refractivity contribution is 5.57. The third kappa shape index (κ3) is 0.401. The summed E-state index contributed by atoms with van der Waals surface area (Å²) in [5, 5.41) is 0. The molecule has 0 bridgehead atoms. The summed E-state index contributed by atoms with van der Waals surface area (Å²) in [6.45, 7) is 0. The first kappa shape index (κ1) is 5.63. The van der Waals surface area contributed by atoms with Crippen molar-refractivity contribution in [1.82, 2.24) is 0 Å². The van der Waals surface area contributed by atoms with E-state index >= 15 is 0 Å². The van der Waals surface area contributed by atoms with Crippen LogP contribution in [0.15, 0.2) is 18.2 Å². The standard InChI is InChI=1S/C11H11N/c12-5-1-2-6-7(3-5)8-4-9-10(6)11(8)9/h1-3,8-11H,4,12H2/t8-,9+,10+,11-/m0/s1. The van der Waals surface area contributed by atoms with E-state index < -0.39 is 0 Å². The maximum Gasteiger partial charge on any atom is 0.0317 e. The second kappa shape index (κ2) is 1.41. The van der Waals surface area contributed by atoms with Gasteiger partial charge >= 0.3 is 0 Å². The Kier molecular flexibility index (Phi) is 0.663. The summed E-state index contributed by atoms with van der Waals surface area (Å²) in [5.41, 5.74) is 9.91. The Morgan fingerprint density at radius 3 is 3.08 bits per heavy atom. The first-order chi connectivity index (χ1) is 5.86. The molecule has 60 valence electrons. The predicted molar refractivity (Wildman–Crippen MR) is 47.9 cm³/mol. The van der Waals surface area contributed by atoms with Crippen molar-refractivity contribution in [3.63, 3.8) is 0 Å². The molecule has 3 aliphatic carbocycles. The van der Waals surface area contributed by atoms with Crippen LogP contribution < -0.4 is 5.73 Å². The van der Waals surface area contributed by atoms with Crippen LogP contribution in [-0.2, 0) is 0 Å². The normalized spacial score (nSPS) is 44.7. The zero-order valence-electron chi connectivity index (χ0n) is 6.83. The lowest BCUT2D eigenvalue weighted by Crippen LogP contribution is -2.14. The van der Waals surface area contributed by atoms with Crippen LogP contribution in [0.1, 0.15) is 29.4 Å². The molecule has 0 aromatic heterocycles. The Bertz CT molecular complexity index is 383. The van der Waals surface area contributed by atoms with Crippen molar-refractivity contribution in [2.24, 2.45) is 11.8 Å². The van der Waals surface area contributed by atoms with Crippen LogP contribution in [0.25, 0.3) is 0 Å². The summed E-state index contributed by atoms with van der Waals surface area (Å²) >= 11 is 0. The van der Waals surface area contributed by atoms with Crippen molar-refractivity contribution in [2.75, 3.05) is 5.73 Å². The van der Waals surface area contributed by atoms with Gasteiger partial charge < -0.3 is 5.73 Å². The molecule has 0 amide bonds. The van der Waals surface area contributed by atoms with E-state index in [0.717, 1.165) is 29.4 Å². The molecule has 0 radical (unpaired) electrons. The van der Waals surface area contributed by atoms with E-state index in [1.165, 1.54) is 6.42 Å². The first-order valence-electron chi connectivity index (χ1n) is 4.75. The van der Waals surface area contributed by atoms with E-state index in [-0.39, 0.29) is 0 Å². The third-order valence-corrected chi connectivity index (χ3v) is 4.09. The summed E-state index contributed by atoms with van der Waals surface area (Å²) in [7, 11) is 0. The summed E-state index contributed by atoms with van der Waals surface area (Å²) in [4.78, 5) is 0. The molecular weight excluding hydrogens is 146 g/mol. The van der Waals surface area contributed by atoms with Gasteiger partial charge in [0.15, 0.2) is 0 Å². The molecule has 0 saturated heterocycles. The van der Waals surface area contributed by atoms with Gasteiger partial charge in [-0.3, -0.25) is 0 Å². The van der Waals surface area contributed by atoms with Crippen LogP contribution in [0.3, 0.4) is 0 Å². The van der Waals surface area contributed by atoms with Gasteiger partial charge in [0.05, 0.1) is 0 Å². The van der Waals surface area contributed by atoms with Gasteiger partial charge in [-0.25, -0.2) is 0 Å². The lowest BCUT2D eigenvalue weighted by molar-refractivity contribution is 0.388. The number of nitrogens with two attached hydrogens (primary N) is 1. The summed E-state index contributed by atoms with van der Waals surface area (Å²) in [6.07, 6.45) is 1.45. The third-order valence-electron chi connectivity index (χ3n) is 4.09. The molecule has 0 heterocycles. The molecule has 0 spiro atoms. The van der Waals surface area contributed by atoms with Gasteiger partial charge in [-0.15, -0.1) is 0 Å². The van der Waals surface area contributed by atoms with Crippen LogP contribution in [0, 0.1) is 11.8 Å². The van der Waals surface area contributed by atoms with Gasteiger partial charge in [0.2, 0.25) is 0 Å². The molecule has 0 aliphatic heterocycles. The highest BCUT2D eigenvalue weighted by Crippen LogP contribution is 2.78. The molecule has 12 heavy (non-hydrogen) atoms. The zero-order valence-corrected chi connectivity index (χ0v) is 6.83. The molecule has 4 atom stereocenters. The second-order valence-corrected chi connectivity index (χ2v) is 4.50. The van der Waals surface area contributed by atoms with Gasteiger partial charge in [0.1, 0.15) is 0 Å². The van der Waals surface area contributed by atoms with Gasteiger partial charge in [0, 0.05) is 5.69 Å². The molecule has 2 N–H and O–H groups in total. The van der Waals surface area contributed by atoms with Crippen molar-refractivity contribution in [2.45, 2.75) is 18.3 Å². The number of nitrogen functional groups attached to an aromatic ring is 1. The molecule has 2 fully saturated rings. The Balaban J connectivity index is 2.01. The Morgan fingerprint density at radius 1 is 1.25 bits per heavy atom. The number of fused-ring (bicyclic) bond motifs is 4. The lowest BCUT2D eigenvalue weighted by atomic mass is 9.78. The number of hydrogen-bond acceptors (Lipinski definition) is 1.